The van der Waals surface area contributed by atoms with Gasteiger partial charge in [-0.3, -0.25) is 4.79 Å². The number of rotatable bonds is 7. The van der Waals surface area contributed by atoms with E-state index in [0.29, 0.717) is 41.7 Å². The van der Waals surface area contributed by atoms with Crippen LogP contribution >= 0.6 is 0 Å². The number of nitrogens with zero attached hydrogens (tertiary/aromatic N) is 2. The lowest BCUT2D eigenvalue weighted by atomic mass is 10.0. The Balaban J connectivity index is 1.42. The van der Waals surface area contributed by atoms with Crippen molar-refractivity contribution < 1.29 is 23.1 Å². The highest BCUT2D eigenvalue weighted by Gasteiger charge is 2.30. The number of aryl methyl sites for hydroxylation is 1. The minimum Gasteiger partial charge on any atom is -0.493 e. The molecule has 1 atom stereocenters. The van der Waals surface area contributed by atoms with E-state index in [0.717, 1.165) is 18.4 Å². The van der Waals surface area contributed by atoms with Crippen LogP contribution in [-0.4, -0.2) is 36.6 Å². The number of hydrogen-bond acceptors (Lipinski definition) is 5. The number of halogens is 1. The van der Waals surface area contributed by atoms with E-state index in [1.807, 2.05) is 23.1 Å². The Morgan fingerprint density at radius 3 is 2.77 bits per heavy atom. The number of aromatic nitrogens is 1. The zero-order valence-corrected chi connectivity index (χ0v) is 17.6. The highest BCUT2D eigenvalue weighted by Crippen LogP contribution is 2.37. The first-order valence-electron chi connectivity index (χ1n) is 10.3. The van der Waals surface area contributed by atoms with Gasteiger partial charge in [-0.1, -0.05) is 18.2 Å². The van der Waals surface area contributed by atoms with Crippen LogP contribution in [0, 0.1) is 5.82 Å². The number of hydrogen-bond donors (Lipinski definition) is 0. The van der Waals surface area contributed by atoms with Gasteiger partial charge in [-0.2, -0.15) is 0 Å². The monoisotopic (exact) mass is 424 g/mol. The molecule has 1 aliphatic rings. The Bertz CT molecular complexity index is 1070. The van der Waals surface area contributed by atoms with Crippen molar-refractivity contribution in [3.05, 3.63) is 65.9 Å². The third-order valence-corrected chi connectivity index (χ3v) is 5.61. The van der Waals surface area contributed by atoms with Gasteiger partial charge in [0.1, 0.15) is 5.82 Å². The minimum absolute atomic E-state index is 0.00541. The maximum atomic E-state index is 13.9. The van der Waals surface area contributed by atoms with Crippen LogP contribution in [0.1, 0.15) is 36.8 Å². The quantitative estimate of drug-likeness (QED) is 0.545. The molecule has 1 saturated heterocycles. The molecule has 1 aliphatic heterocycles. The number of ether oxygens (including phenoxy) is 2. The van der Waals surface area contributed by atoms with Gasteiger partial charge in [0.05, 0.1) is 32.0 Å². The lowest BCUT2D eigenvalue weighted by molar-refractivity contribution is -0.132. The normalized spacial score (nSPS) is 15.8. The van der Waals surface area contributed by atoms with Crippen molar-refractivity contribution in [2.45, 2.75) is 31.7 Å². The van der Waals surface area contributed by atoms with Gasteiger partial charge < -0.3 is 18.8 Å². The van der Waals surface area contributed by atoms with Crippen LogP contribution in [0.5, 0.6) is 11.5 Å². The van der Waals surface area contributed by atoms with Crippen molar-refractivity contribution in [1.29, 1.82) is 0 Å². The minimum atomic E-state index is -0.365. The number of carbonyl (C=O) groups is 1. The van der Waals surface area contributed by atoms with E-state index in [1.54, 1.807) is 32.4 Å². The van der Waals surface area contributed by atoms with Crippen molar-refractivity contribution in [3.63, 3.8) is 0 Å². The number of carbonyl (C=O) groups excluding carboxylic acids is 1. The van der Waals surface area contributed by atoms with Gasteiger partial charge in [0.25, 0.3) is 0 Å². The van der Waals surface area contributed by atoms with E-state index < -0.39 is 0 Å². The second-order valence-corrected chi connectivity index (χ2v) is 7.46. The summed E-state index contributed by atoms with van der Waals surface area (Å²) in [5, 5.41) is 0. The highest BCUT2D eigenvalue weighted by molar-refractivity contribution is 5.77. The lowest BCUT2D eigenvalue weighted by Crippen LogP contribution is -2.30. The second-order valence-electron chi connectivity index (χ2n) is 7.46. The maximum absolute atomic E-state index is 13.9. The van der Waals surface area contributed by atoms with Crippen LogP contribution in [0.2, 0.25) is 0 Å². The van der Waals surface area contributed by atoms with Crippen LogP contribution in [0.25, 0.3) is 11.3 Å². The molecule has 2 heterocycles. The van der Waals surface area contributed by atoms with Crippen LogP contribution < -0.4 is 9.47 Å². The van der Waals surface area contributed by atoms with E-state index in [-0.39, 0.29) is 24.2 Å². The molecule has 0 saturated carbocycles. The van der Waals surface area contributed by atoms with Crippen LogP contribution in [0.4, 0.5) is 4.39 Å². The molecule has 31 heavy (non-hydrogen) atoms. The Morgan fingerprint density at radius 2 is 2.00 bits per heavy atom. The second kappa shape index (κ2) is 9.20. The third-order valence-electron chi connectivity index (χ3n) is 5.61. The number of amides is 1. The smallest absolute Gasteiger partial charge is 0.223 e. The summed E-state index contributed by atoms with van der Waals surface area (Å²) in [6.45, 7) is 0.712. The molecular weight excluding hydrogens is 399 g/mol. The Kier molecular flexibility index (Phi) is 6.21. The van der Waals surface area contributed by atoms with Gasteiger partial charge in [-0.25, -0.2) is 9.37 Å². The molecule has 0 spiro atoms. The van der Waals surface area contributed by atoms with E-state index >= 15 is 0 Å². The zero-order valence-electron chi connectivity index (χ0n) is 17.6. The molecule has 4 rings (SSSR count). The molecule has 2 aromatic carbocycles. The van der Waals surface area contributed by atoms with Gasteiger partial charge >= 0.3 is 0 Å². The summed E-state index contributed by atoms with van der Waals surface area (Å²) < 4.78 is 30.3. The Hall–Kier alpha value is -3.35. The van der Waals surface area contributed by atoms with Gasteiger partial charge in [0, 0.05) is 19.4 Å². The molecular formula is C24H25FN2O4. The van der Waals surface area contributed by atoms with Crippen LogP contribution in [-0.2, 0) is 11.2 Å². The summed E-state index contributed by atoms with van der Waals surface area (Å²) in [5.74, 6) is 1.79. The molecule has 162 valence electrons. The number of benzene rings is 2. The van der Waals surface area contributed by atoms with Crippen molar-refractivity contribution in [1.82, 2.24) is 9.88 Å². The number of methoxy groups -OCH3 is 2. The van der Waals surface area contributed by atoms with Crippen molar-refractivity contribution in [2.75, 3.05) is 20.8 Å². The molecule has 1 fully saturated rings. The summed E-state index contributed by atoms with van der Waals surface area (Å²) in [4.78, 5) is 19.1. The fourth-order valence-electron chi connectivity index (χ4n) is 4.04. The van der Waals surface area contributed by atoms with Crippen LogP contribution in [0.3, 0.4) is 0 Å². The number of oxazole rings is 1. The first-order chi connectivity index (χ1) is 15.1. The molecule has 0 aliphatic carbocycles. The van der Waals surface area contributed by atoms with Crippen molar-refractivity contribution in [2.24, 2.45) is 0 Å². The molecule has 0 N–H and O–H groups in total. The number of likely N-dealkylation sites (tertiary alicyclic amines) is 1. The first-order valence-corrected chi connectivity index (χ1v) is 10.3. The lowest BCUT2D eigenvalue weighted by Gasteiger charge is -2.25. The zero-order chi connectivity index (χ0) is 21.8. The summed E-state index contributed by atoms with van der Waals surface area (Å²) >= 11 is 0. The SMILES string of the molecule is COc1ccc([C@@H]2CCCN2C(=O)CCc2ncc(-c3ccccc3F)o2)cc1OC. The van der Waals surface area contributed by atoms with Crippen molar-refractivity contribution >= 4 is 5.91 Å². The molecule has 0 bridgehead atoms. The highest BCUT2D eigenvalue weighted by atomic mass is 19.1. The fraction of sp³-hybridized carbons (Fsp3) is 0.333. The predicted octanol–water partition coefficient (Wildman–Crippen LogP) is 4.79. The largest absolute Gasteiger partial charge is 0.493 e. The van der Waals surface area contributed by atoms with Gasteiger partial charge in [0.15, 0.2) is 23.1 Å². The maximum Gasteiger partial charge on any atom is 0.223 e. The predicted molar refractivity (Wildman–Crippen MR) is 113 cm³/mol. The molecule has 1 aromatic heterocycles. The first kappa shape index (κ1) is 20.9. The average Bonchev–Trinajstić information content (AvgIpc) is 3.47. The molecule has 6 nitrogen and oxygen atoms in total. The van der Waals surface area contributed by atoms with E-state index in [2.05, 4.69) is 4.98 Å². The Labute approximate surface area is 180 Å². The van der Waals surface area contributed by atoms with E-state index in [1.165, 1.54) is 12.3 Å². The summed E-state index contributed by atoms with van der Waals surface area (Å²) in [6.07, 6.45) is 3.99. The Morgan fingerprint density at radius 1 is 1.19 bits per heavy atom. The van der Waals surface area contributed by atoms with Crippen LogP contribution in [0.15, 0.2) is 53.1 Å². The molecule has 7 heteroatoms. The third kappa shape index (κ3) is 4.40. The molecule has 0 unspecified atom stereocenters. The van der Waals surface area contributed by atoms with E-state index in [4.69, 9.17) is 13.9 Å². The summed E-state index contributed by atoms with van der Waals surface area (Å²) in [5.41, 5.74) is 1.39. The van der Waals surface area contributed by atoms with Gasteiger partial charge in [-0.05, 0) is 42.7 Å². The van der Waals surface area contributed by atoms with Crippen molar-refractivity contribution in [3.8, 4) is 22.8 Å². The van der Waals surface area contributed by atoms with Gasteiger partial charge in [-0.15, -0.1) is 0 Å². The fourth-order valence-corrected chi connectivity index (χ4v) is 4.04. The summed E-state index contributed by atoms with van der Waals surface area (Å²) in [6, 6.07) is 12.2. The standard InChI is InChI=1S/C24H25FN2O4/c1-29-20-10-9-16(14-21(20)30-2)19-8-5-13-27(19)24(28)12-11-23-26-15-22(31-23)17-6-3-4-7-18(17)25/h3-4,6-7,9-10,14-15,19H,5,8,11-13H2,1-2H3/t19-/m0/s1. The topological polar surface area (TPSA) is 64.8 Å². The molecule has 3 aromatic rings. The molecule has 0 radical (unpaired) electrons. The van der Waals surface area contributed by atoms with Gasteiger partial charge in [0.2, 0.25) is 5.91 Å². The summed E-state index contributed by atoms with van der Waals surface area (Å²) in [7, 11) is 3.20. The van der Waals surface area contributed by atoms with E-state index in [9.17, 15) is 9.18 Å². The average molecular weight is 424 g/mol. The molecule has 1 amide bonds.